The van der Waals surface area contributed by atoms with Gasteiger partial charge in [0.1, 0.15) is 0 Å². The van der Waals surface area contributed by atoms with E-state index >= 15 is 0 Å². The van der Waals surface area contributed by atoms with Gasteiger partial charge in [0.15, 0.2) is 5.16 Å². The maximum Gasteiger partial charge on any atom is 0.250 e. The van der Waals surface area contributed by atoms with Gasteiger partial charge in [0.05, 0.1) is 29.5 Å². The van der Waals surface area contributed by atoms with Crippen molar-refractivity contribution in [1.82, 2.24) is 20.0 Å². The number of hydrogen-bond donors (Lipinski definition) is 1. The Morgan fingerprint density at radius 2 is 1.87 bits per heavy atom. The van der Waals surface area contributed by atoms with E-state index < -0.39 is 0 Å². The number of halogens is 1. The van der Waals surface area contributed by atoms with Crippen LogP contribution in [-0.2, 0) is 11.3 Å². The zero-order chi connectivity index (χ0) is 20.8. The standard InChI is InChI=1S/C22H18ClN5OS/c23-18-7-5-17(6-8-18)14-28-20-4-2-1-3-19(20)26-22(28)30-15-21(29)27-25-13-16-9-11-24-12-10-16/h1-13H,14-15H2,(H,27,29)/b25-13-. The highest BCUT2D eigenvalue weighted by molar-refractivity contribution is 7.99. The molecule has 0 aliphatic heterocycles. The largest absolute Gasteiger partial charge is 0.314 e. The highest BCUT2D eigenvalue weighted by Gasteiger charge is 2.13. The van der Waals surface area contributed by atoms with E-state index in [0.29, 0.717) is 11.6 Å². The summed E-state index contributed by atoms with van der Waals surface area (Å²) in [5.74, 6) is 0.00728. The minimum Gasteiger partial charge on any atom is -0.314 e. The molecule has 2 aromatic heterocycles. The first-order chi connectivity index (χ1) is 14.7. The molecule has 0 aliphatic carbocycles. The Hall–Kier alpha value is -3.16. The SMILES string of the molecule is O=C(CSc1nc2ccccc2n1Cc1ccc(Cl)cc1)N/N=C\c1ccncc1. The van der Waals surface area contributed by atoms with E-state index in [9.17, 15) is 4.79 Å². The van der Waals surface area contributed by atoms with Gasteiger partial charge in [-0.3, -0.25) is 9.78 Å². The van der Waals surface area contributed by atoms with Gasteiger partial charge < -0.3 is 4.57 Å². The number of carbonyl (C=O) groups excluding carboxylic acids is 1. The van der Waals surface area contributed by atoms with E-state index in [0.717, 1.165) is 27.3 Å². The number of amides is 1. The lowest BCUT2D eigenvalue weighted by molar-refractivity contribution is -0.118. The first-order valence-electron chi connectivity index (χ1n) is 9.23. The van der Waals surface area contributed by atoms with Crippen LogP contribution in [0.3, 0.4) is 0 Å². The molecule has 6 nitrogen and oxygen atoms in total. The maximum absolute atomic E-state index is 12.2. The van der Waals surface area contributed by atoms with Gasteiger partial charge >= 0.3 is 0 Å². The van der Waals surface area contributed by atoms with Crippen LogP contribution in [0.2, 0.25) is 5.02 Å². The maximum atomic E-state index is 12.2. The lowest BCUT2D eigenvalue weighted by atomic mass is 10.2. The Morgan fingerprint density at radius 1 is 1.10 bits per heavy atom. The Balaban J connectivity index is 1.46. The molecule has 2 aromatic carbocycles. The van der Waals surface area contributed by atoms with Gasteiger partial charge in [-0.15, -0.1) is 0 Å². The molecule has 0 atom stereocenters. The molecule has 4 rings (SSSR count). The molecule has 0 spiro atoms. The van der Waals surface area contributed by atoms with Gasteiger partial charge in [0.25, 0.3) is 5.91 Å². The molecule has 1 N–H and O–H groups in total. The molecule has 30 heavy (non-hydrogen) atoms. The van der Waals surface area contributed by atoms with Crippen LogP contribution in [0.15, 0.2) is 83.3 Å². The average molecular weight is 436 g/mol. The number of imidazole rings is 1. The monoisotopic (exact) mass is 435 g/mol. The molecule has 0 saturated carbocycles. The summed E-state index contributed by atoms with van der Waals surface area (Å²) in [7, 11) is 0. The summed E-state index contributed by atoms with van der Waals surface area (Å²) in [6, 6.07) is 19.3. The number of rotatable bonds is 7. The van der Waals surface area contributed by atoms with Crippen molar-refractivity contribution in [3.8, 4) is 0 Å². The molecule has 150 valence electrons. The lowest BCUT2D eigenvalue weighted by Gasteiger charge is -2.09. The number of thioether (sulfide) groups is 1. The highest BCUT2D eigenvalue weighted by Crippen LogP contribution is 2.25. The van der Waals surface area contributed by atoms with Crippen LogP contribution < -0.4 is 5.43 Å². The molecule has 0 saturated heterocycles. The van der Waals surface area contributed by atoms with E-state index in [1.807, 2.05) is 60.7 Å². The predicted octanol–water partition coefficient (Wildman–Crippen LogP) is 4.38. The van der Waals surface area contributed by atoms with Crippen molar-refractivity contribution in [2.24, 2.45) is 5.10 Å². The third-order valence-corrected chi connectivity index (χ3v) is 5.54. The van der Waals surface area contributed by atoms with Crippen LogP contribution in [0, 0.1) is 0 Å². The van der Waals surface area contributed by atoms with Crippen molar-refractivity contribution in [2.75, 3.05) is 5.75 Å². The number of hydrazone groups is 1. The molecular weight excluding hydrogens is 418 g/mol. The fraction of sp³-hybridized carbons (Fsp3) is 0.0909. The zero-order valence-corrected chi connectivity index (χ0v) is 17.5. The van der Waals surface area contributed by atoms with Gasteiger partial charge in [-0.25, -0.2) is 10.4 Å². The normalized spacial score (nSPS) is 11.2. The fourth-order valence-corrected chi connectivity index (χ4v) is 3.81. The molecule has 0 fully saturated rings. The van der Waals surface area contributed by atoms with E-state index in [1.54, 1.807) is 18.6 Å². The summed E-state index contributed by atoms with van der Waals surface area (Å²) in [4.78, 5) is 20.9. The van der Waals surface area contributed by atoms with Crippen molar-refractivity contribution in [2.45, 2.75) is 11.7 Å². The summed E-state index contributed by atoms with van der Waals surface area (Å²) in [5.41, 5.74) is 6.43. The first kappa shape index (κ1) is 20.1. The number of aromatic nitrogens is 3. The second-order valence-corrected chi connectivity index (χ2v) is 7.84. The molecular formula is C22H18ClN5OS. The van der Waals surface area contributed by atoms with Crippen LogP contribution in [0.4, 0.5) is 0 Å². The number of fused-ring (bicyclic) bond motifs is 1. The van der Waals surface area contributed by atoms with Crippen LogP contribution in [0.25, 0.3) is 11.0 Å². The number of pyridine rings is 1. The van der Waals surface area contributed by atoms with Crippen LogP contribution in [0.5, 0.6) is 0 Å². The van der Waals surface area contributed by atoms with E-state index in [2.05, 4.69) is 20.1 Å². The van der Waals surface area contributed by atoms with Crippen molar-refractivity contribution in [3.05, 3.63) is 89.2 Å². The molecule has 0 unspecified atom stereocenters. The molecule has 0 bridgehead atoms. The van der Waals surface area contributed by atoms with Gasteiger partial charge in [0, 0.05) is 17.4 Å². The molecule has 4 aromatic rings. The van der Waals surface area contributed by atoms with Gasteiger partial charge in [-0.05, 0) is 47.5 Å². The minimum atomic E-state index is -0.199. The summed E-state index contributed by atoms with van der Waals surface area (Å²) in [6.07, 6.45) is 4.93. The van der Waals surface area contributed by atoms with E-state index in [-0.39, 0.29) is 11.7 Å². The molecule has 8 heteroatoms. The number of nitrogens with one attached hydrogen (secondary N) is 1. The number of nitrogens with zero attached hydrogens (tertiary/aromatic N) is 4. The number of benzene rings is 2. The first-order valence-corrected chi connectivity index (χ1v) is 10.6. The second-order valence-electron chi connectivity index (χ2n) is 6.46. The topological polar surface area (TPSA) is 72.2 Å². The van der Waals surface area contributed by atoms with Gasteiger partial charge in [0.2, 0.25) is 0 Å². The van der Waals surface area contributed by atoms with Gasteiger partial charge in [-0.2, -0.15) is 5.10 Å². The second kappa shape index (κ2) is 9.56. The quantitative estimate of drug-likeness (QED) is 0.266. The Morgan fingerprint density at radius 3 is 2.67 bits per heavy atom. The fourth-order valence-electron chi connectivity index (χ4n) is 2.88. The van der Waals surface area contributed by atoms with E-state index in [1.165, 1.54) is 11.8 Å². The van der Waals surface area contributed by atoms with Gasteiger partial charge in [-0.1, -0.05) is 47.6 Å². The Bertz CT molecular complexity index is 1180. The van der Waals surface area contributed by atoms with Crippen molar-refractivity contribution < 1.29 is 4.79 Å². The minimum absolute atomic E-state index is 0.199. The number of hydrogen-bond acceptors (Lipinski definition) is 5. The van der Waals surface area contributed by atoms with Crippen molar-refractivity contribution in [3.63, 3.8) is 0 Å². The summed E-state index contributed by atoms with van der Waals surface area (Å²) in [5, 5.41) is 5.47. The smallest absolute Gasteiger partial charge is 0.250 e. The third-order valence-electron chi connectivity index (χ3n) is 4.31. The average Bonchev–Trinajstić information content (AvgIpc) is 3.12. The van der Waals surface area contributed by atoms with Crippen LogP contribution in [0.1, 0.15) is 11.1 Å². The van der Waals surface area contributed by atoms with Crippen LogP contribution in [-0.4, -0.2) is 32.4 Å². The zero-order valence-electron chi connectivity index (χ0n) is 15.9. The summed E-state index contributed by atoms with van der Waals surface area (Å²) >= 11 is 7.38. The Labute approximate surface area is 183 Å². The molecule has 2 heterocycles. The van der Waals surface area contributed by atoms with Crippen LogP contribution >= 0.6 is 23.4 Å². The molecule has 0 aliphatic rings. The summed E-state index contributed by atoms with van der Waals surface area (Å²) in [6.45, 7) is 0.641. The number of carbonyl (C=O) groups is 1. The highest BCUT2D eigenvalue weighted by atomic mass is 35.5. The Kier molecular flexibility index (Phi) is 6.41. The van der Waals surface area contributed by atoms with E-state index in [4.69, 9.17) is 16.6 Å². The molecule has 0 radical (unpaired) electrons. The number of para-hydroxylation sites is 2. The van der Waals surface area contributed by atoms with Crippen molar-refractivity contribution >= 4 is 46.5 Å². The molecule has 1 amide bonds. The predicted molar refractivity (Wildman–Crippen MR) is 121 cm³/mol. The third kappa shape index (κ3) is 5.06. The lowest BCUT2D eigenvalue weighted by Crippen LogP contribution is -2.20. The van der Waals surface area contributed by atoms with Crippen molar-refractivity contribution in [1.29, 1.82) is 0 Å². The summed E-state index contributed by atoms with van der Waals surface area (Å²) < 4.78 is 2.11.